The fraction of sp³-hybridized carbons (Fsp3) is 0.111. The molecule has 23 heavy (non-hydrogen) atoms. The summed E-state index contributed by atoms with van der Waals surface area (Å²) in [5.74, 6) is -0.847. The van der Waals surface area contributed by atoms with Crippen LogP contribution < -0.4 is 10.9 Å². The predicted molar refractivity (Wildman–Crippen MR) is 88.0 cm³/mol. The molecule has 1 amide bonds. The quantitative estimate of drug-likeness (QED) is 0.764. The van der Waals surface area contributed by atoms with E-state index in [-0.39, 0.29) is 11.3 Å². The van der Waals surface area contributed by atoms with E-state index in [0.717, 1.165) is 17.5 Å². The van der Waals surface area contributed by atoms with E-state index in [4.69, 9.17) is 0 Å². The lowest BCUT2D eigenvalue weighted by atomic mass is 10.1. The number of nitrogens with one attached hydrogen (secondary N) is 1. The number of nitrogens with zero attached hydrogens (tertiary/aromatic N) is 1. The van der Waals surface area contributed by atoms with Gasteiger partial charge >= 0.3 is 0 Å². The van der Waals surface area contributed by atoms with Crippen LogP contribution in [-0.4, -0.2) is 15.6 Å². The monoisotopic (exact) mass is 306 g/mol. The smallest absolute Gasteiger partial charge is 0.267 e. The third-order valence-corrected chi connectivity index (χ3v) is 4.20. The maximum Gasteiger partial charge on any atom is 0.267 e. The van der Waals surface area contributed by atoms with Gasteiger partial charge in [0.25, 0.3) is 11.5 Å². The number of carbonyl (C=O) groups is 1. The number of carbonyl (C=O) groups excluding carboxylic acids is 1. The Morgan fingerprint density at radius 2 is 1.87 bits per heavy atom. The van der Waals surface area contributed by atoms with E-state index in [1.54, 1.807) is 34.9 Å². The maximum atomic E-state index is 12.6. The van der Waals surface area contributed by atoms with Crippen LogP contribution in [0.15, 0.2) is 53.3 Å². The van der Waals surface area contributed by atoms with Gasteiger partial charge in [0.1, 0.15) is 11.3 Å². The fourth-order valence-electron chi connectivity index (χ4n) is 3.14. The highest BCUT2D eigenvalue weighted by Crippen LogP contribution is 2.32. The van der Waals surface area contributed by atoms with E-state index >= 15 is 0 Å². The Hall–Kier alpha value is -3.08. The Morgan fingerprint density at radius 1 is 1.09 bits per heavy atom. The van der Waals surface area contributed by atoms with E-state index in [9.17, 15) is 14.7 Å². The molecule has 2 N–H and O–H groups in total. The molecule has 2 aromatic carbocycles. The number of aryl methyl sites for hydroxylation is 2. The normalized spacial score (nSPS) is 12.5. The standard InChI is InChI=1S/C18H14N2O3/c21-16-13-8-4-5-11-9-10-20(15(11)13)18(23)14(16)17(22)19-12-6-2-1-3-7-12/h1-8,21H,9-10H2,(H,19,22). The van der Waals surface area contributed by atoms with Crippen LogP contribution in [0.4, 0.5) is 5.69 Å². The molecule has 1 aliphatic heterocycles. The lowest BCUT2D eigenvalue weighted by molar-refractivity contribution is 0.102. The van der Waals surface area contributed by atoms with Crippen molar-refractivity contribution in [3.63, 3.8) is 0 Å². The minimum Gasteiger partial charge on any atom is -0.506 e. The number of aromatic hydroxyl groups is 1. The van der Waals surface area contributed by atoms with E-state index in [2.05, 4.69) is 5.32 Å². The molecule has 4 rings (SSSR count). The first-order chi connectivity index (χ1) is 11.2. The Labute approximate surface area is 131 Å². The van der Waals surface area contributed by atoms with E-state index in [1.165, 1.54) is 0 Å². The topological polar surface area (TPSA) is 71.3 Å². The van der Waals surface area contributed by atoms with Crippen LogP contribution in [0.25, 0.3) is 10.9 Å². The summed E-state index contributed by atoms with van der Waals surface area (Å²) in [5.41, 5.74) is 1.66. The maximum absolute atomic E-state index is 12.6. The number of pyridine rings is 1. The van der Waals surface area contributed by atoms with Crippen LogP contribution in [0.3, 0.4) is 0 Å². The van der Waals surface area contributed by atoms with Crippen LogP contribution >= 0.6 is 0 Å². The summed E-state index contributed by atoms with van der Waals surface area (Å²) < 4.78 is 1.57. The third kappa shape index (κ3) is 2.01. The highest BCUT2D eigenvalue weighted by atomic mass is 16.3. The molecule has 5 nitrogen and oxygen atoms in total. The molecule has 114 valence electrons. The van der Waals surface area contributed by atoms with Crippen molar-refractivity contribution in [1.29, 1.82) is 0 Å². The number of para-hydroxylation sites is 2. The number of hydrogen-bond donors (Lipinski definition) is 2. The lowest BCUT2D eigenvalue weighted by Gasteiger charge is -2.11. The molecule has 1 aromatic heterocycles. The fourth-order valence-corrected chi connectivity index (χ4v) is 3.14. The van der Waals surface area contributed by atoms with Gasteiger partial charge in [-0.1, -0.05) is 30.3 Å². The molecular weight excluding hydrogens is 292 g/mol. The molecule has 0 spiro atoms. The van der Waals surface area contributed by atoms with Gasteiger partial charge in [0.2, 0.25) is 0 Å². The number of hydrogen-bond acceptors (Lipinski definition) is 3. The van der Waals surface area contributed by atoms with Crippen molar-refractivity contribution in [2.75, 3.05) is 5.32 Å². The molecule has 0 saturated heterocycles. The van der Waals surface area contributed by atoms with Crippen LogP contribution in [0.5, 0.6) is 5.75 Å². The molecule has 5 heteroatoms. The Balaban J connectivity index is 1.89. The largest absolute Gasteiger partial charge is 0.506 e. The predicted octanol–water partition coefficient (Wildman–Crippen LogP) is 2.52. The zero-order chi connectivity index (χ0) is 16.0. The minimum atomic E-state index is -0.596. The minimum absolute atomic E-state index is 0.208. The number of benzene rings is 2. The average molecular weight is 306 g/mol. The summed E-state index contributed by atoms with van der Waals surface area (Å²) in [7, 11) is 0. The van der Waals surface area contributed by atoms with E-state index in [1.807, 2.05) is 18.2 Å². The molecule has 1 aliphatic rings. The average Bonchev–Trinajstić information content (AvgIpc) is 2.99. The van der Waals surface area contributed by atoms with Gasteiger partial charge in [0.15, 0.2) is 0 Å². The molecule has 2 heterocycles. The summed E-state index contributed by atoms with van der Waals surface area (Å²) in [6.45, 7) is 0.528. The second kappa shape index (κ2) is 4.98. The van der Waals surface area contributed by atoms with Gasteiger partial charge in [0.05, 0.1) is 5.52 Å². The molecule has 0 bridgehead atoms. The highest BCUT2D eigenvalue weighted by molar-refractivity contribution is 6.09. The van der Waals surface area contributed by atoms with E-state index < -0.39 is 11.5 Å². The van der Waals surface area contributed by atoms with Crippen LogP contribution in [0, 0.1) is 0 Å². The number of rotatable bonds is 2. The van der Waals surface area contributed by atoms with Gasteiger partial charge in [-0.05, 0) is 30.2 Å². The molecule has 0 atom stereocenters. The third-order valence-electron chi connectivity index (χ3n) is 4.20. The van der Waals surface area contributed by atoms with Crippen molar-refractivity contribution >= 4 is 22.5 Å². The molecule has 0 radical (unpaired) electrons. The van der Waals surface area contributed by atoms with Crippen molar-refractivity contribution in [2.45, 2.75) is 13.0 Å². The Bertz CT molecular complexity index is 991. The second-order valence-electron chi connectivity index (χ2n) is 5.56. The van der Waals surface area contributed by atoms with Crippen molar-refractivity contribution in [3.05, 3.63) is 70.0 Å². The van der Waals surface area contributed by atoms with Crippen molar-refractivity contribution < 1.29 is 9.90 Å². The SMILES string of the molecule is O=C(Nc1ccccc1)c1c(O)c2cccc3c2n(c1=O)CC3. The first-order valence-electron chi connectivity index (χ1n) is 7.40. The van der Waals surface area contributed by atoms with Crippen molar-refractivity contribution in [3.8, 4) is 5.75 Å². The van der Waals surface area contributed by atoms with E-state index in [0.29, 0.717) is 17.6 Å². The van der Waals surface area contributed by atoms with Gasteiger partial charge in [0, 0.05) is 17.6 Å². The number of amides is 1. The molecule has 0 fully saturated rings. The Morgan fingerprint density at radius 3 is 2.65 bits per heavy atom. The zero-order valence-electron chi connectivity index (χ0n) is 12.2. The van der Waals surface area contributed by atoms with Gasteiger partial charge in [-0.3, -0.25) is 9.59 Å². The van der Waals surface area contributed by atoms with Gasteiger partial charge in [-0.25, -0.2) is 0 Å². The Kier molecular flexibility index (Phi) is 2.94. The first kappa shape index (κ1) is 13.6. The summed E-state index contributed by atoms with van der Waals surface area (Å²) in [5, 5.41) is 13.7. The summed E-state index contributed by atoms with van der Waals surface area (Å²) in [6, 6.07) is 14.4. The van der Waals surface area contributed by atoms with Crippen molar-refractivity contribution in [1.82, 2.24) is 4.57 Å². The van der Waals surface area contributed by atoms with Gasteiger partial charge in [-0.2, -0.15) is 0 Å². The molecular formula is C18H14N2O3. The molecule has 0 aliphatic carbocycles. The van der Waals surface area contributed by atoms with Gasteiger partial charge in [-0.15, -0.1) is 0 Å². The summed E-state index contributed by atoms with van der Waals surface area (Å²) >= 11 is 0. The highest BCUT2D eigenvalue weighted by Gasteiger charge is 2.25. The number of aromatic nitrogens is 1. The lowest BCUT2D eigenvalue weighted by Crippen LogP contribution is -2.28. The molecule has 3 aromatic rings. The molecule has 0 saturated carbocycles. The van der Waals surface area contributed by atoms with Gasteiger partial charge < -0.3 is 15.0 Å². The van der Waals surface area contributed by atoms with Crippen molar-refractivity contribution in [2.24, 2.45) is 0 Å². The number of anilines is 1. The zero-order valence-corrected chi connectivity index (χ0v) is 12.2. The molecule has 0 unspecified atom stereocenters. The summed E-state index contributed by atoms with van der Waals surface area (Å²) in [4.78, 5) is 25.1. The van der Waals surface area contributed by atoms with Crippen LogP contribution in [0.2, 0.25) is 0 Å². The van der Waals surface area contributed by atoms with Crippen LogP contribution in [-0.2, 0) is 13.0 Å². The van der Waals surface area contributed by atoms with Crippen LogP contribution in [0.1, 0.15) is 15.9 Å². The first-order valence-corrected chi connectivity index (χ1v) is 7.40. The summed E-state index contributed by atoms with van der Waals surface area (Å²) in [6.07, 6.45) is 0.732. The second-order valence-corrected chi connectivity index (χ2v) is 5.56.